The van der Waals surface area contributed by atoms with Gasteiger partial charge in [-0.3, -0.25) is 4.90 Å². The topological polar surface area (TPSA) is 29.5 Å². The van der Waals surface area contributed by atoms with Crippen LogP contribution in [-0.2, 0) is 9.53 Å². The van der Waals surface area contributed by atoms with E-state index >= 15 is 0 Å². The number of esters is 1. The zero-order chi connectivity index (χ0) is 14.9. The van der Waals surface area contributed by atoms with Gasteiger partial charge in [0.1, 0.15) is 11.6 Å². The minimum atomic E-state index is -0.412. The summed E-state index contributed by atoms with van der Waals surface area (Å²) in [6.07, 6.45) is 8.13. The lowest BCUT2D eigenvalue weighted by Gasteiger charge is -2.37. The molecule has 0 saturated heterocycles. The third-order valence-electron chi connectivity index (χ3n) is 4.42. The van der Waals surface area contributed by atoms with Crippen LogP contribution in [0.25, 0.3) is 0 Å². The lowest BCUT2D eigenvalue weighted by atomic mass is 9.90. The average molecular weight is 279 g/mol. The van der Waals surface area contributed by atoms with Crippen LogP contribution in [0.1, 0.15) is 66.7 Å². The highest BCUT2D eigenvalue weighted by molar-refractivity contribution is 5.79. The first kappa shape index (κ1) is 15.6. The molecule has 0 amide bonds. The van der Waals surface area contributed by atoms with Crippen LogP contribution < -0.4 is 0 Å². The molecule has 3 heteroatoms. The number of fused-ring (bicyclic) bond motifs is 1. The third-order valence-corrected chi connectivity index (χ3v) is 4.42. The fourth-order valence-electron chi connectivity index (χ4n) is 3.38. The van der Waals surface area contributed by atoms with Crippen molar-refractivity contribution in [3.8, 4) is 0 Å². The Morgan fingerprint density at radius 3 is 2.75 bits per heavy atom. The average Bonchev–Trinajstić information content (AvgIpc) is 2.75. The van der Waals surface area contributed by atoms with Gasteiger partial charge in [0, 0.05) is 12.1 Å². The van der Waals surface area contributed by atoms with E-state index in [1.165, 1.54) is 24.8 Å². The van der Waals surface area contributed by atoms with Crippen molar-refractivity contribution in [2.75, 3.05) is 0 Å². The highest BCUT2D eigenvalue weighted by Crippen LogP contribution is 2.37. The molecule has 0 aromatic carbocycles. The van der Waals surface area contributed by atoms with Crippen molar-refractivity contribution in [2.24, 2.45) is 0 Å². The van der Waals surface area contributed by atoms with E-state index in [1.54, 1.807) is 0 Å². The molecular formula is C17H29NO2. The van der Waals surface area contributed by atoms with E-state index in [0.29, 0.717) is 12.1 Å². The second-order valence-electron chi connectivity index (χ2n) is 7.19. The molecule has 1 heterocycles. The van der Waals surface area contributed by atoms with Gasteiger partial charge in [-0.25, -0.2) is 4.79 Å². The van der Waals surface area contributed by atoms with Crippen molar-refractivity contribution in [1.29, 1.82) is 0 Å². The summed E-state index contributed by atoms with van der Waals surface area (Å²) in [5, 5.41) is 0. The Labute approximate surface area is 123 Å². The maximum Gasteiger partial charge on any atom is 0.327 e. The summed E-state index contributed by atoms with van der Waals surface area (Å²) >= 11 is 0. The van der Waals surface area contributed by atoms with E-state index in [1.807, 2.05) is 20.8 Å². The molecule has 0 bridgehead atoms. The summed E-state index contributed by atoms with van der Waals surface area (Å²) in [6, 6.07) is 0.711. The van der Waals surface area contributed by atoms with Crippen LogP contribution in [0.2, 0.25) is 0 Å². The fraction of sp³-hybridized carbons (Fsp3) is 0.824. The van der Waals surface area contributed by atoms with Gasteiger partial charge in [0.25, 0.3) is 0 Å². The lowest BCUT2D eigenvalue weighted by Crippen LogP contribution is -2.49. The maximum atomic E-state index is 12.5. The number of nitrogens with zero attached hydrogens (tertiary/aromatic N) is 1. The van der Waals surface area contributed by atoms with E-state index in [-0.39, 0.29) is 12.0 Å². The molecule has 2 aliphatic rings. The van der Waals surface area contributed by atoms with Crippen molar-refractivity contribution in [3.05, 3.63) is 11.6 Å². The second-order valence-corrected chi connectivity index (χ2v) is 7.19. The maximum absolute atomic E-state index is 12.5. The molecule has 3 nitrogen and oxygen atoms in total. The summed E-state index contributed by atoms with van der Waals surface area (Å²) in [6.45, 7) is 10.2. The van der Waals surface area contributed by atoms with E-state index in [0.717, 1.165) is 12.8 Å². The summed E-state index contributed by atoms with van der Waals surface area (Å²) in [7, 11) is 0. The Bertz CT molecular complexity index is 394. The van der Waals surface area contributed by atoms with Crippen LogP contribution in [0.3, 0.4) is 0 Å². The van der Waals surface area contributed by atoms with E-state index in [9.17, 15) is 4.79 Å². The van der Waals surface area contributed by atoms with Gasteiger partial charge in [-0.1, -0.05) is 25.0 Å². The van der Waals surface area contributed by atoms with E-state index < -0.39 is 5.60 Å². The number of ether oxygens (including phenoxy) is 1. The van der Waals surface area contributed by atoms with Crippen LogP contribution in [0.15, 0.2) is 11.6 Å². The molecule has 1 unspecified atom stereocenters. The number of rotatable bonds is 3. The standard InChI is InChI=1S/C17H29NO2/c1-6-12(2)18-14-10-8-7-9-13(14)11-15(18)16(19)20-17(3,4)5/h11-12,14-15H,6-10H2,1-5H3/t12?,14-,15-/m1/s1. The Kier molecular flexibility index (Phi) is 4.58. The van der Waals surface area contributed by atoms with Gasteiger partial charge in [-0.2, -0.15) is 0 Å². The second kappa shape index (κ2) is 5.88. The molecule has 2 rings (SSSR count). The molecule has 1 aliphatic carbocycles. The first-order valence-corrected chi connectivity index (χ1v) is 8.04. The van der Waals surface area contributed by atoms with Crippen LogP contribution in [0.4, 0.5) is 0 Å². The molecule has 0 spiro atoms. The molecule has 20 heavy (non-hydrogen) atoms. The first-order valence-electron chi connectivity index (χ1n) is 8.04. The predicted molar refractivity (Wildman–Crippen MR) is 81.6 cm³/mol. The zero-order valence-electron chi connectivity index (χ0n) is 13.6. The number of carbonyl (C=O) groups excluding carboxylic acids is 1. The Morgan fingerprint density at radius 1 is 1.45 bits per heavy atom. The third kappa shape index (κ3) is 3.25. The molecule has 1 saturated carbocycles. The Balaban J connectivity index is 2.20. The zero-order valence-corrected chi connectivity index (χ0v) is 13.6. The van der Waals surface area contributed by atoms with E-state index in [2.05, 4.69) is 24.8 Å². The monoisotopic (exact) mass is 279 g/mol. The van der Waals surface area contributed by atoms with Crippen LogP contribution >= 0.6 is 0 Å². The van der Waals surface area contributed by atoms with Gasteiger partial charge in [0.15, 0.2) is 0 Å². The number of hydrogen-bond acceptors (Lipinski definition) is 3. The SMILES string of the molecule is CCC(C)N1[C@@H](C(=O)OC(C)(C)C)C=C2CCCC[C@H]21. The Morgan fingerprint density at radius 2 is 2.15 bits per heavy atom. The molecular weight excluding hydrogens is 250 g/mol. The molecule has 0 radical (unpaired) electrons. The quantitative estimate of drug-likeness (QED) is 0.583. The van der Waals surface area contributed by atoms with Crippen molar-refractivity contribution in [3.63, 3.8) is 0 Å². The first-order chi connectivity index (χ1) is 9.33. The normalized spacial score (nSPS) is 28.8. The summed E-state index contributed by atoms with van der Waals surface area (Å²) in [5.74, 6) is -0.0836. The lowest BCUT2D eigenvalue weighted by molar-refractivity contribution is -0.160. The number of carbonyl (C=O) groups is 1. The van der Waals surface area contributed by atoms with Crippen molar-refractivity contribution in [2.45, 2.75) is 90.4 Å². The van der Waals surface area contributed by atoms with Crippen molar-refractivity contribution >= 4 is 5.97 Å². The molecule has 0 N–H and O–H groups in total. The van der Waals surface area contributed by atoms with Gasteiger partial charge < -0.3 is 4.74 Å². The highest BCUT2D eigenvalue weighted by atomic mass is 16.6. The van der Waals surface area contributed by atoms with Crippen molar-refractivity contribution < 1.29 is 9.53 Å². The van der Waals surface area contributed by atoms with Gasteiger partial charge in [-0.15, -0.1) is 0 Å². The van der Waals surface area contributed by atoms with E-state index in [4.69, 9.17) is 4.74 Å². The van der Waals surface area contributed by atoms with Gasteiger partial charge in [0.05, 0.1) is 0 Å². The predicted octanol–water partition coefficient (Wildman–Crippen LogP) is 3.68. The summed E-state index contributed by atoms with van der Waals surface area (Å²) < 4.78 is 5.63. The van der Waals surface area contributed by atoms with Gasteiger partial charge in [-0.05, 0) is 53.4 Å². The smallest absolute Gasteiger partial charge is 0.327 e. The van der Waals surface area contributed by atoms with Gasteiger partial charge >= 0.3 is 5.97 Å². The van der Waals surface area contributed by atoms with Gasteiger partial charge in [0.2, 0.25) is 0 Å². The molecule has 1 aliphatic heterocycles. The van der Waals surface area contributed by atoms with Crippen LogP contribution in [0, 0.1) is 0 Å². The molecule has 0 aromatic rings. The Hall–Kier alpha value is -0.830. The fourth-order valence-corrected chi connectivity index (χ4v) is 3.38. The van der Waals surface area contributed by atoms with Crippen LogP contribution in [0.5, 0.6) is 0 Å². The molecule has 1 fully saturated rings. The highest BCUT2D eigenvalue weighted by Gasteiger charge is 2.42. The number of hydrogen-bond donors (Lipinski definition) is 0. The van der Waals surface area contributed by atoms with Crippen molar-refractivity contribution in [1.82, 2.24) is 4.90 Å². The minimum absolute atomic E-state index is 0.0836. The summed E-state index contributed by atoms with van der Waals surface area (Å²) in [4.78, 5) is 14.9. The molecule has 0 aromatic heterocycles. The molecule has 3 atom stereocenters. The molecule has 114 valence electrons. The largest absolute Gasteiger partial charge is 0.459 e. The minimum Gasteiger partial charge on any atom is -0.459 e. The van der Waals surface area contributed by atoms with Crippen LogP contribution in [-0.4, -0.2) is 34.6 Å². The summed E-state index contributed by atoms with van der Waals surface area (Å²) in [5.41, 5.74) is 1.05.